The van der Waals surface area contributed by atoms with Crippen LogP contribution in [0.5, 0.6) is 0 Å². The van der Waals surface area contributed by atoms with Gasteiger partial charge in [0, 0.05) is 25.4 Å². The summed E-state index contributed by atoms with van der Waals surface area (Å²) in [5.74, 6) is -1.63. The Hall–Kier alpha value is -3.96. The predicted molar refractivity (Wildman–Crippen MR) is 148 cm³/mol. The van der Waals surface area contributed by atoms with Gasteiger partial charge in [-0.05, 0) is 74.4 Å². The number of carbonyl (C=O) groups is 1. The fourth-order valence-corrected chi connectivity index (χ4v) is 5.62. The molecule has 0 spiro atoms. The molecule has 210 valence electrons. The molecule has 1 aliphatic carbocycles. The molecule has 5 rings (SSSR count). The standard InChI is InChI=1S/C29H33F2N7O2/c1-15(2)35-28(39)20-6-7-21(30)25(26(20)31)23-8-5-18-13-34-29(38(18)37-23)36-24-14-33-10-9-19(24)17-11-16(3)27(40-4)22(32)12-17/h5-10,13-17,22,27H,11-12,32H2,1-4H3,(H,34,36)(H,35,39). The number of fused-ring (bicyclic) bond motifs is 1. The monoisotopic (exact) mass is 549 g/mol. The van der Waals surface area contributed by atoms with E-state index in [2.05, 4.69) is 32.6 Å². The zero-order valence-corrected chi connectivity index (χ0v) is 22.9. The third kappa shape index (κ3) is 5.26. The number of benzene rings is 1. The van der Waals surface area contributed by atoms with E-state index in [0.717, 1.165) is 36.2 Å². The summed E-state index contributed by atoms with van der Waals surface area (Å²) in [5.41, 5.74) is 8.21. The van der Waals surface area contributed by atoms with Gasteiger partial charge in [0.1, 0.15) is 11.6 Å². The van der Waals surface area contributed by atoms with Crippen LogP contribution in [0.1, 0.15) is 55.5 Å². The number of hydrogen-bond acceptors (Lipinski definition) is 7. The third-order valence-electron chi connectivity index (χ3n) is 7.40. The molecule has 3 aromatic heterocycles. The Morgan fingerprint density at radius 3 is 2.67 bits per heavy atom. The average molecular weight is 550 g/mol. The number of methoxy groups -OCH3 is 1. The molecule has 4 atom stereocenters. The van der Waals surface area contributed by atoms with Crippen molar-refractivity contribution in [2.45, 2.75) is 57.7 Å². The van der Waals surface area contributed by atoms with Gasteiger partial charge in [-0.3, -0.25) is 9.78 Å². The molecule has 1 aromatic carbocycles. The van der Waals surface area contributed by atoms with Crippen molar-refractivity contribution in [3.05, 3.63) is 71.7 Å². The molecule has 1 amide bonds. The minimum Gasteiger partial charge on any atom is -0.380 e. The first-order chi connectivity index (χ1) is 19.2. The van der Waals surface area contributed by atoms with Gasteiger partial charge in [-0.15, -0.1) is 0 Å². The van der Waals surface area contributed by atoms with E-state index >= 15 is 4.39 Å². The first-order valence-electron chi connectivity index (χ1n) is 13.3. The Morgan fingerprint density at radius 1 is 1.15 bits per heavy atom. The van der Waals surface area contributed by atoms with Gasteiger partial charge in [-0.1, -0.05) is 6.92 Å². The molecule has 0 saturated heterocycles. The predicted octanol–water partition coefficient (Wildman–Crippen LogP) is 4.81. The summed E-state index contributed by atoms with van der Waals surface area (Å²) in [4.78, 5) is 21.2. The number of nitrogens with zero attached hydrogens (tertiary/aromatic N) is 4. The number of nitrogens with one attached hydrogen (secondary N) is 2. The number of nitrogens with two attached hydrogens (primary N) is 1. The molecule has 4 N–H and O–H groups in total. The third-order valence-corrected chi connectivity index (χ3v) is 7.40. The number of ether oxygens (including phenoxy) is 1. The summed E-state index contributed by atoms with van der Waals surface area (Å²) in [6.07, 6.45) is 6.72. The van der Waals surface area contributed by atoms with Gasteiger partial charge < -0.3 is 21.1 Å². The Bertz CT molecular complexity index is 1530. The van der Waals surface area contributed by atoms with Gasteiger partial charge in [-0.2, -0.15) is 9.61 Å². The Morgan fingerprint density at radius 2 is 1.95 bits per heavy atom. The van der Waals surface area contributed by atoms with Crippen LogP contribution in [0.3, 0.4) is 0 Å². The highest BCUT2D eigenvalue weighted by Gasteiger charge is 2.35. The number of rotatable bonds is 7. The second kappa shape index (κ2) is 11.3. The Balaban J connectivity index is 1.49. The van der Waals surface area contributed by atoms with Crippen LogP contribution in [0.25, 0.3) is 16.8 Å². The lowest BCUT2D eigenvalue weighted by Gasteiger charge is -2.38. The normalized spacial score (nSPS) is 21.1. The van der Waals surface area contributed by atoms with E-state index in [1.165, 1.54) is 10.6 Å². The highest BCUT2D eigenvalue weighted by molar-refractivity contribution is 5.96. The van der Waals surface area contributed by atoms with Crippen LogP contribution in [0.2, 0.25) is 0 Å². The number of pyridine rings is 1. The smallest absolute Gasteiger partial charge is 0.254 e. The molecule has 0 bridgehead atoms. The first-order valence-corrected chi connectivity index (χ1v) is 13.3. The van der Waals surface area contributed by atoms with Crippen LogP contribution in [-0.2, 0) is 4.74 Å². The number of amides is 1. The Kier molecular flexibility index (Phi) is 7.77. The van der Waals surface area contributed by atoms with Crippen LogP contribution in [0, 0.1) is 17.6 Å². The molecule has 0 aliphatic heterocycles. The molecule has 3 heterocycles. The largest absolute Gasteiger partial charge is 0.380 e. The van der Waals surface area contributed by atoms with E-state index in [-0.39, 0.29) is 41.3 Å². The number of hydrogen-bond donors (Lipinski definition) is 3. The zero-order valence-electron chi connectivity index (χ0n) is 22.9. The van der Waals surface area contributed by atoms with E-state index < -0.39 is 23.1 Å². The number of anilines is 2. The molecule has 1 aliphatic rings. The molecule has 40 heavy (non-hydrogen) atoms. The number of imidazole rings is 1. The molecule has 9 nitrogen and oxygen atoms in total. The van der Waals surface area contributed by atoms with Gasteiger partial charge in [0.15, 0.2) is 0 Å². The van der Waals surface area contributed by atoms with Gasteiger partial charge >= 0.3 is 0 Å². The summed E-state index contributed by atoms with van der Waals surface area (Å²) >= 11 is 0. The van der Waals surface area contributed by atoms with Crippen LogP contribution >= 0.6 is 0 Å². The maximum absolute atomic E-state index is 15.5. The lowest BCUT2D eigenvalue weighted by molar-refractivity contribution is 0.00984. The van der Waals surface area contributed by atoms with E-state index in [1.54, 1.807) is 45.6 Å². The van der Waals surface area contributed by atoms with Crippen LogP contribution in [0.4, 0.5) is 20.4 Å². The second-order valence-corrected chi connectivity index (χ2v) is 10.6. The number of halogens is 2. The van der Waals surface area contributed by atoms with Crippen molar-refractivity contribution in [2.24, 2.45) is 11.7 Å². The van der Waals surface area contributed by atoms with Gasteiger partial charge in [0.2, 0.25) is 5.95 Å². The first kappa shape index (κ1) is 27.6. The van der Waals surface area contributed by atoms with Gasteiger partial charge in [-0.25, -0.2) is 13.8 Å². The highest BCUT2D eigenvalue weighted by atomic mass is 19.1. The average Bonchev–Trinajstić information content (AvgIpc) is 3.30. The van der Waals surface area contributed by atoms with Crippen molar-refractivity contribution in [3.63, 3.8) is 0 Å². The molecule has 11 heteroatoms. The summed E-state index contributed by atoms with van der Waals surface area (Å²) in [6.45, 7) is 5.66. The quantitative estimate of drug-likeness (QED) is 0.303. The second-order valence-electron chi connectivity index (χ2n) is 10.6. The lowest BCUT2D eigenvalue weighted by Crippen LogP contribution is -2.45. The SMILES string of the molecule is COC1C(C)CC(c2ccncc2Nc2ncc3ccc(-c4c(F)ccc(C(=O)NC(C)C)c4F)nn23)CC1N. The Labute approximate surface area is 231 Å². The highest BCUT2D eigenvalue weighted by Crippen LogP contribution is 2.40. The summed E-state index contributed by atoms with van der Waals surface area (Å²) in [5, 5.41) is 10.4. The maximum Gasteiger partial charge on any atom is 0.254 e. The van der Waals surface area contributed by atoms with E-state index in [9.17, 15) is 9.18 Å². The van der Waals surface area contributed by atoms with Gasteiger partial charge in [0.25, 0.3) is 5.91 Å². The van der Waals surface area contributed by atoms with Crippen molar-refractivity contribution < 1.29 is 18.3 Å². The molecule has 1 saturated carbocycles. The summed E-state index contributed by atoms with van der Waals surface area (Å²) in [7, 11) is 1.69. The topological polar surface area (TPSA) is 119 Å². The van der Waals surface area contributed by atoms with Crippen LogP contribution in [0.15, 0.2) is 48.9 Å². The molecule has 4 aromatic rings. The number of carbonyl (C=O) groups excluding carboxylic acids is 1. The van der Waals surface area contributed by atoms with Gasteiger partial charge in [0.05, 0.1) is 46.5 Å². The van der Waals surface area contributed by atoms with Crippen molar-refractivity contribution in [1.82, 2.24) is 24.9 Å². The van der Waals surface area contributed by atoms with E-state index in [1.807, 2.05) is 6.07 Å². The molecule has 1 fully saturated rings. The summed E-state index contributed by atoms with van der Waals surface area (Å²) in [6, 6.07) is 7.02. The van der Waals surface area contributed by atoms with E-state index in [0.29, 0.717) is 11.5 Å². The maximum atomic E-state index is 15.5. The molecule has 4 unspecified atom stereocenters. The molecular weight excluding hydrogens is 516 g/mol. The van der Waals surface area contributed by atoms with E-state index in [4.69, 9.17) is 10.5 Å². The van der Waals surface area contributed by atoms with Crippen molar-refractivity contribution in [3.8, 4) is 11.3 Å². The van der Waals surface area contributed by atoms with Crippen molar-refractivity contribution in [2.75, 3.05) is 12.4 Å². The fourth-order valence-electron chi connectivity index (χ4n) is 5.62. The van der Waals surface area contributed by atoms with Crippen LogP contribution in [-0.4, -0.2) is 50.8 Å². The van der Waals surface area contributed by atoms with Crippen LogP contribution < -0.4 is 16.4 Å². The minimum absolute atomic E-state index is 0.00380. The van der Waals surface area contributed by atoms with Crippen molar-refractivity contribution >= 4 is 23.1 Å². The zero-order chi connectivity index (χ0) is 28.6. The lowest BCUT2D eigenvalue weighted by atomic mass is 9.74. The van der Waals surface area contributed by atoms with Crippen molar-refractivity contribution in [1.29, 1.82) is 0 Å². The molecular formula is C29H33F2N7O2. The number of aromatic nitrogens is 4. The minimum atomic E-state index is -0.980. The summed E-state index contributed by atoms with van der Waals surface area (Å²) < 4.78 is 37.5. The molecule has 0 radical (unpaired) electrons. The fraction of sp³-hybridized carbons (Fsp3) is 0.379.